The highest BCUT2D eigenvalue weighted by Crippen LogP contribution is 2.39. The maximum atomic E-state index is 10.3. The Bertz CT molecular complexity index is 519. The smallest absolute Gasteiger partial charge is 0.163 e. The van der Waals surface area contributed by atoms with Crippen LogP contribution in [-0.4, -0.2) is 22.0 Å². The Labute approximate surface area is 119 Å². The van der Waals surface area contributed by atoms with Gasteiger partial charge in [-0.2, -0.15) is 5.10 Å². The molecule has 2 rings (SSSR count). The van der Waals surface area contributed by atoms with E-state index >= 15 is 0 Å². The van der Waals surface area contributed by atoms with E-state index in [9.17, 15) is 5.11 Å². The fourth-order valence-corrected chi connectivity index (χ4v) is 3.61. The molecular weight excluding hydrogens is 372 g/mol. The molecule has 92 valence electrons. The molecule has 2 aromatic rings. The van der Waals surface area contributed by atoms with Crippen LogP contribution in [0.15, 0.2) is 20.5 Å². The van der Waals surface area contributed by atoms with Crippen LogP contribution in [0, 0.1) is 0 Å². The van der Waals surface area contributed by atoms with Crippen LogP contribution in [0.4, 0.5) is 0 Å². The van der Waals surface area contributed by atoms with Gasteiger partial charge in [-0.3, -0.25) is 4.68 Å². The summed E-state index contributed by atoms with van der Waals surface area (Å²) in [5.41, 5.74) is 0.647. The second kappa shape index (κ2) is 5.09. The standard InChI is InChI=1S/C10H10Br2N2O2S/c1-14-8(6(16-2)4-13-14)9(15)7-3-5(11)10(12)17-7/h3-4,9,15H,1-2H3. The lowest BCUT2D eigenvalue weighted by Gasteiger charge is -2.10. The van der Waals surface area contributed by atoms with Crippen molar-refractivity contribution < 1.29 is 9.84 Å². The Balaban J connectivity index is 2.42. The van der Waals surface area contributed by atoms with Gasteiger partial charge < -0.3 is 9.84 Å². The number of rotatable bonds is 3. The van der Waals surface area contributed by atoms with Crippen molar-refractivity contribution in [3.05, 3.63) is 31.1 Å². The molecular formula is C10H10Br2N2O2S. The quantitative estimate of drug-likeness (QED) is 0.888. The van der Waals surface area contributed by atoms with Crippen LogP contribution in [0.5, 0.6) is 5.75 Å². The van der Waals surface area contributed by atoms with Gasteiger partial charge in [0.05, 0.1) is 17.1 Å². The first kappa shape index (κ1) is 13.1. The number of halogens is 2. The first-order valence-electron chi connectivity index (χ1n) is 4.73. The molecule has 0 amide bonds. The molecule has 0 aliphatic rings. The number of ether oxygens (including phenoxy) is 1. The van der Waals surface area contributed by atoms with Crippen molar-refractivity contribution in [1.29, 1.82) is 0 Å². The van der Waals surface area contributed by atoms with Gasteiger partial charge in [0.15, 0.2) is 5.75 Å². The van der Waals surface area contributed by atoms with Crippen molar-refractivity contribution in [2.45, 2.75) is 6.10 Å². The monoisotopic (exact) mass is 380 g/mol. The van der Waals surface area contributed by atoms with Gasteiger partial charge in [-0.25, -0.2) is 0 Å². The number of methoxy groups -OCH3 is 1. The number of aliphatic hydroxyl groups is 1. The number of hydrogen-bond donors (Lipinski definition) is 1. The summed E-state index contributed by atoms with van der Waals surface area (Å²) in [6.07, 6.45) is 0.848. The number of thiophene rings is 1. The van der Waals surface area contributed by atoms with E-state index in [4.69, 9.17) is 4.74 Å². The molecule has 1 atom stereocenters. The SMILES string of the molecule is COc1cnn(C)c1C(O)c1cc(Br)c(Br)s1. The number of aryl methyl sites for hydroxylation is 1. The molecule has 17 heavy (non-hydrogen) atoms. The van der Waals surface area contributed by atoms with E-state index in [0.717, 1.165) is 13.1 Å². The lowest BCUT2D eigenvalue weighted by molar-refractivity contribution is 0.208. The summed E-state index contributed by atoms with van der Waals surface area (Å²) in [6, 6.07) is 1.88. The largest absolute Gasteiger partial charge is 0.493 e. The van der Waals surface area contributed by atoms with Crippen LogP contribution in [0.3, 0.4) is 0 Å². The maximum absolute atomic E-state index is 10.3. The molecule has 0 saturated heterocycles. The summed E-state index contributed by atoms with van der Waals surface area (Å²) in [7, 11) is 3.34. The number of aromatic nitrogens is 2. The van der Waals surface area contributed by atoms with E-state index < -0.39 is 6.10 Å². The predicted molar refractivity (Wildman–Crippen MR) is 73.5 cm³/mol. The Morgan fingerprint density at radius 1 is 1.53 bits per heavy atom. The van der Waals surface area contributed by atoms with Gasteiger partial charge in [0.2, 0.25) is 0 Å². The zero-order valence-corrected chi connectivity index (χ0v) is 13.1. The summed E-state index contributed by atoms with van der Waals surface area (Å²) in [6.45, 7) is 0. The second-order valence-corrected chi connectivity index (χ2v) is 6.65. The molecule has 0 bridgehead atoms. The minimum atomic E-state index is -0.745. The molecule has 7 heteroatoms. The third kappa shape index (κ3) is 2.42. The molecule has 4 nitrogen and oxygen atoms in total. The van der Waals surface area contributed by atoms with Gasteiger partial charge in [0.25, 0.3) is 0 Å². The fraction of sp³-hybridized carbons (Fsp3) is 0.300. The van der Waals surface area contributed by atoms with Gasteiger partial charge in [-0.1, -0.05) is 0 Å². The highest BCUT2D eigenvalue weighted by Gasteiger charge is 2.22. The van der Waals surface area contributed by atoms with Crippen molar-refractivity contribution in [1.82, 2.24) is 9.78 Å². The predicted octanol–water partition coefficient (Wildman–Crippen LogP) is 3.10. The molecule has 0 aromatic carbocycles. The molecule has 0 radical (unpaired) electrons. The van der Waals surface area contributed by atoms with Crippen molar-refractivity contribution in [3.8, 4) is 5.75 Å². The summed E-state index contributed by atoms with van der Waals surface area (Å²) < 4.78 is 8.68. The van der Waals surface area contributed by atoms with E-state index in [0.29, 0.717) is 11.4 Å². The fourth-order valence-electron chi connectivity index (χ4n) is 1.53. The Kier molecular flexibility index (Phi) is 3.92. The van der Waals surface area contributed by atoms with Gasteiger partial charge in [0, 0.05) is 16.4 Å². The van der Waals surface area contributed by atoms with Gasteiger partial charge in [-0.15, -0.1) is 11.3 Å². The summed E-state index contributed by atoms with van der Waals surface area (Å²) in [5.74, 6) is 0.584. The first-order valence-corrected chi connectivity index (χ1v) is 7.13. The minimum absolute atomic E-state index is 0.584. The highest BCUT2D eigenvalue weighted by molar-refractivity contribution is 9.13. The maximum Gasteiger partial charge on any atom is 0.163 e. The summed E-state index contributed by atoms with van der Waals surface area (Å²) >= 11 is 8.28. The Morgan fingerprint density at radius 3 is 2.76 bits per heavy atom. The lowest BCUT2D eigenvalue weighted by atomic mass is 10.2. The Hall–Kier alpha value is -0.370. The van der Waals surface area contributed by atoms with Crippen LogP contribution in [0.2, 0.25) is 0 Å². The Morgan fingerprint density at radius 2 is 2.24 bits per heavy atom. The van der Waals surface area contributed by atoms with Crippen LogP contribution < -0.4 is 4.74 Å². The first-order chi connectivity index (χ1) is 8.04. The molecule has 2 aromatic heterocycles. The lowest BCUT2D eigenvalue weighted by Crippen LogP contribution is -2.06. The number of hydrogen-bond acceptors (Lipinski definition) is 4. The van der Waals surface area contributed by atoms with Gasteiger partial charge in [0.1, 0.15) is 11.8 Å². The van der Waals surface area contributed by atoms with Crippen LogP contribution in [0.25, 0.3) is 0 Å². The normalized spacial score (nSPS) is 12.8. The van der Waals surface area contributed by atoms with Crippen molar-refractivity contribution in [3.63, 3.8) is 0 Å². The van der Waals surface area contributed by atoms with Crippen molar-refractivity contribution in [2.75, 3.05) is 7.11 Å². The van der Waals surface area contributed by atoms with Gasteiger partial charge >= 0.3 is 0 Å². The zero-order chi connectivity index (χ0) is 12.6. The van der Waals surface area contributed by atoms with Crippen LogP contribution in [-0.2, 0) is 7.05 Å². The molecule has 0 spiro atoms. The van der Waals surface area contributed by atoms with Crippen molar-refractivity contribution in [2.24, 2.45) is 7.05 Å². The average Bonchev–Trinajstić information content (AvgIpc) is 2.82. The topological polar surface area (TPSA) is 47.3 Å². The summed E-state index contributed by atoms with van der Waals surface area (Å²) in [5, 5.41) is 14.4. The third-order valence-electron chi connectivity index (χ3n) is 2.36. The van der Waals surface area contributed by atoms with Crippen molar-refractivity contribution >= 4 is 43.2 Å². The number of nitrogens with zero attached hydrogens (tertiary/aromatic N) is 2. The molecule has 1 unspecified atom stereocenters. The van der Waals surface area contributed by atoms with E-state index in [-0.39, 0.29) is 0 Å². The zero-order valence-electron chi connectivity index (χ0n) is 9.15. The van der Waals surface area contributed by atoms with Crippen LogP contribution in [0.1, 0.15) is 16.7 Å². The molecule has 0 aliphatic heterocycles. The molecule has 0 fully saturated rings. The minimum Gasteiger partial charge on any atom is -0.493 e. The number of aliphatic hydroxyl groups excluding tert-OH is 1. The third-order valence-corrected chi connectivity index (χ3v) is 5.67. The molecule has 2 heterocycles. The molecule has 0 aliphatic carbocycles. The summed E-state index contributed by atoms with van der Waals surface area (Å²) in [4.78, 5) is 0.825. The van der Waals surface area contributed by atoms with E-state index in [2.05, 4.69) is 37.0 Å². The molecule has 1 N–H and O–H groups in total. The van der Waals surface area contributed by atoms with E-state index in [1.165, 1.54) is 11.3 Å². The average molecular weight is 382 g/mol. The van der Waals surface area contributed by atoms with Gasteiger partial charge in [-0.05, 0) is 37.9 Å². The van der Waals surface area contributed by atoms with Crippen LogP contribution >= 0.6 is 43.2 Å². The second-order valence-electron chi connectivity index (χ2n) is 3.39. The highest BCUT2D eigenvalue weighted by atomic mass is 79.9. The van der Waals surface area contributed by atoms with E-state index in [1.807, 2.05) is 6.07 Å². The molecule has 0 saturated carbocycles. The van der Waals surface area contributed by atoms with E-state index in [1.54, 1.807) is 25.0 Å².